The molecular weight excluding hydrogens is 264 g/mol. The van der Waals surface area contributed by atoms with Crippen LogP contribution < -0.4 is 5.32 Å². The third-order valence-electron chi connectivity index (χ3n) is 3.35. The first kappa shape index (κ1) is 15.3. The van der Waals surface area contributed by atoms with Gasteiger partial charge in [0.1, 0.15) is 6.26 Å². The van der Waals surface area contributed by atoms with Gasteiger partial charge in [-0.1, -0.05) is 32.9 Å². The van der Waals surface area contributed by atoms with E-state index >= 15 is 0 Å². The Kier molecular flexibility index (Phi) is 4.46. The first-order valence-electron chi connectivity index (χ1n) is 7.16. The highest BCUT2D eigenvalue weighted by Crippen LogP contribution is 2.22. The molecule has 4 nitrogen and oxygen atoms in total. The van der Waals surface area contributed by atoms with E-state index in [1.54, 1.807) is 13.2 Å². The summed E-state index contributed by atoms with van der Waals surface area (Å²) in [5.74, 6) is 0.588. The van der Waals surface area contributed by atoms with E-state index < -0.39 is 0 Å². The summed E-state index contributed by atoms with van der Waals surface area (Å²) < 4.78 is 5.13. The number of nitrogens with one attached hydrogen (secondary N) is 1. The lowest BCUT2D eigenvalue weighted by Crippen LogP contribution is -2.25. The Bertz CT molecular complexity index is 606. The summed E-state index contributed by atoms with van der Waals surface area (Å²) in [4.78, 5) is 16.2. The fraction of sp³-hybridized carbons (Fsp3) is 0.412. The fourth-order valence-electron chi connectivity index (χ4n) is 2.05. The van der Waals surface area contributed by atoms with Crippen molar-refractivity contribution in [2.45, 2.75) is 39.5 Å². The Morgan fingerprint density at radius 2 is 1.90 bits per heavy atom. The number of rotatable bonds is 4. The maximum Gasteiger partial charge on any atom is 0.251 e. The highest BCUT2D eigenvalue weighted by Gasteiger charge is 2.14. The molecule has 1 amide bonds. The van der Waals surface area contributed by atoms with Gasteiger partial charge in [-0.2, -0.15) is 0 Å². The molecule has 0 bridgehead atoms. The number of hydrogen-bond donors (Lipinski definition) is 1. The molecule has 21 heavy (non-hydrogen) atoms. The van der Waals surface area contributed by atoms with Gasteiger partial charge < -0.3 is 9.73 Å². The Morgan fingerprint density at radius 3 is 2.43 bits per heavy atom. The van der Waals surface area contributed by atoms with E-state index in [1.165, 1.54) is 5.56 Å². The predicted octanol–water partition coefficient (Wildman–Crippen LogP) is 3.25. The number of amides is 1. The van der Waals surface area contributed by atoms with E-state index in [0.717, 1.165) is 5.69 Å². The molecule has 0 unspecified atom stereocenters. The van der Waals surface area contributed by atoms with Crippen LogP contribution in [0, 0.1) is 6.92 Å². The van der Waals surface area contributed by atoms with E-state index in [4.69, 9.17) is 4.42 Å². The Hall–Kier alpha value is -2.10. The molecule has 1 N–H and O–H groups in total. The number of oxazole rings is 1. The van der Waals surface area contributed by atoms with Crippen LogP contribution in [0.25, 0.3) is 0 Å². The number of carbonyl (C=O) groups is 1. The summed E-state index contributed by atoms with van der Waals surface area (Å²) in [6, 6.07) is 7.76. The summed E-state index contributed by atoms with van der Waals surface area (Å²) >= 11 is 0. The predicted molar refractivity (Wildman–Crippen MR) is 82.4 cm³/mol. The number of nitrogens with zero attached hydrogens (tertiary/aromatic N) is 1. The van der Waals surface area contributed by atoms with Crippen molar-refractivity contribution in [2.75, 3.05) is 6.54 Å². The maximum atomic E-state index is 12.0. The van der Waals surface area contributed by atoms with E-state index in [0.29, 0.717) is 24.4 Å². The molecule has 1 aromatic heterocycles. The highest BCUT2D eigenvalue weighted by atomic mass is 16.3. The van der Waals surface area contributed by atoms with Crippen molar-refractivity contribution < 1.29 is 9.21 Å². The molecular formula is C17H22N2O2. The molecule has 1 aromatic carbocycles. The average Bonchev–Trinajstić information content (AvgIpc) is 2.83. The second kappa shape index (κ2) is 6.12. The smallest absolute Gasteiger partial charge is 0.251 e. The van der Waals surface area contributed by atoms with Crippen LogP contribution in [0.15, 0.2) is 34.9 Å². The van der Waals surface area contributed by atoms with Crippen LogP contribution in [0.1, 0.15) is 48.3 Å². The molecule has 0 saturated heterocycles. The largest absolute Gasteiger partial charge is 0.449 e. The lowest BCUT2D eigenvalue weighted by Gasteiger charge is -2.19. The molecule has 0 fully saturated rings. The summed E-state index contributed by atoms with van der Waals surface area (Å²) in [5.41, 5.74) is 2.85. The van der Waals surface area contributed by atoms with E-state index in [9.17, 15) is 4.79 Å². The third-order valence-corrected chi connectivity index (χ3v) is 3.35. The SMILES string of the molecule is Cc1nc(CCNC(=O)c2ccc(C(C)(C)C)cc2)co1. The van der Waals surface area contributed by atoms with Crippen molar-refractivity contribution in [3.63, 3.8) is 0 Å². The molecule has 0 radical (unpaired) electrons. The fourth-order valence-corrected chi connectivity index (χ4v) is 2.05. The van der Waals surface area contributed by atoms with Crippen LogP contribution in [-0.4, -0.2) is 17.4 Å². The summed E-state index contributed by atoms with van der Waals surface area (Å²) in [6.07, 6.45) is 2.29. The Balaban J connectivity index is 1.88. The number of aromatic nitrogens is 1. The first-order chi connectivity index (χ1) is 9.86. The molecule has 112 valence electrons. The van der Waals surface area contributed by atoms with Crippen LogP contribution in [0.4, 0.5) is 0 Å². The standard InChI is InChI=1S/C17H22N2O2/c1-12-19-15(11-21-12)9-10-18-16(20)13-5-7-14(8-6-13)17(2,3)4/h5-8,11H,9-10H2,1-4H3,(H,18,20). The minimum absolute atomic E-state index is 0.0596. The minimum Gasteiger partial charge on any atom is -0.449 e. The lowest BCUT2D eigenvalue weighted by molar-refractivity contribution is 0.0954. The van der Waals surface area contributed by atoms with E-state index in [2.05, 4.69) is 31.1 Å². The molecule has 1 heterocycles. The Morgan fingerprint density at radius 1 is 1.24 bits per heavy atom. The van der Waals surface area contributed by atoms with Gasteiger partial charge in [-0.3, -0.25) is 4.79 Å². The van der Waals surface area contributed by atoms with Gasteiger partial charge in [0.25, 0.3) is 5.91 Å². The van der Waals surface area contributed by atoms with Crippen LogP contribution in [-0.2, 0) is 11.8 Å². The molecule has 0 aliphatic carbocycles. The van der Waals surface area contributed by atoms with Crippen molar-refractivity contribution in [3.05, 3.63) is 53.2 Å². The monoisotopic (exact) mass is 286 g/mol. The van der Waals surface area contributed by atoms with Crippen molar-refractivity contribution in [3.8, 4) is 0 Å². The molecule has 2 rings (SSSR count). The lowest BCUT2D eigenvalue weighted by atomic mass is 9.87. The number of aryl methyl sites for hydroxylation is 1. The van der Waals surface area contributed by atoms with Crippen LogP contribution in [0.5, 0.6) is 0 Å². The second-order valence-electron chi connectivity index (χ2n) is 6.19. The van der Waals surface area contributed by atoms with Crippen LogP contribution in [0.3, 0.4) is 0 Å². The van der Waals surface area contributed by atoms with Gasteiger partial charge in [-0.25, -0.2) is 4.98 Å². The van der Waals surface area contributed by atoms with Crippen molar-refractivity contribution >= 4 is 5.91 Å². The zero-order valence-corrected chi connectivity index (χ0v) is 13.1. The van der Waals surface area contributed by atoms with E-state index in [-0.39, 0.29) is 11.3 Å². The summed E-state index contributed by atoms with van der Waals surface area (Å²) in [5, 5.41) is 2.89. The van der Waals surface area contributed by atoms with Crippen LogP contribution in [0.2, 0.25) is 0 Å². The molecule has 0 saturated carbocycles. The molecule has 4 heteroatoms. The zero-order chi connectivity index (χ0) is 15.5. The number of hydrogen-bond acceptors (Lipinski definition) is 3. The number of benzene rings is 1. The van der Waals surface area contributed by atoms with Gasteiger partial charge in [-0.15, -0.1) is 0 Å². The highest BCUT2D eigenvalue weighted by molar-refractivity contribution is 5.94. The average molecular weight is 286 g/mol. The number of carbonyl (C=O) groups excluding carboxylic acids is 1. The minimum atomic E-state index is -0.0596. The third kappa shape index (κ3) is 4.18. The van der Waals surface area contributed by atoms with Crippen LogP contribution >= 0.6 is 0 Å². The first-order valence-corrected chi connectivity index (χ1v) is 7.16. The molecule has 0 spiro atoms. The molecule has 0 aliphatic rings. The maximum absolute atomic E-state index is 12.0. The van der Waals surface area contributed by atoms with Gasteiger partial charge in [0.15, 0.2) is 5.89 Å². The summed E-state index contributed by atoms with van der Waals surface area (Å²) in [7, 11) is 0. The van der Waals surface area contributed by atoms with Crippen molar-refractivity contribution in [1.82, 2.24) is 10.3 Å². The zero-order valence-electron chi connectivity index (χ0n) is 13.1. The van der Waals surface area contributed by atoms with Gasteiger partial charge in [0.2, 0.25) is 0 Å². The normalized spacial score (nSPS) is 11.4. The van der Waals surface area contributed by atoms with Crippen molar-refractivity contribution in [2.24, 2.45) is 0 Å². The van der Waals surface area contributed by atoms with E-state index in [1.807, 2.05) is 24.3 Å². The molecule has 0 atom stereocenters. The molecule has 0 aliphatic heterocycles. The topological polar surface area (TPSA) is 55.1 Å². The van der Waals surface area contributed by atoms with Gasteiger partial charge in [-0.05, 0) is 23.1 Å². The second-order valence-corrected chi connectivity index (χ2v) is 6.19. The van der Waals surface area contributed by atoms with Gasteiger partial charge >= 0.3 is 0 Å². The van der Waals surface area contributed by atoms with Crippen molar-refractivity contribution in [1.29, 1.82) is 0 Å². The molecule has 2 aromatic rings. The van der Waals surface area contributed by atoms with Gasteiger partial charge in [0.05, 0.1) is 5.69 Å². The summed E-state index contributed by atoms with van der Waals surface area (Å²) in [6.45, 7) is 8.82. The quantitative estimate of drug-likeness (QED) is 0.938. The van der Waals surface area contributed by atoms with Gasteiger partial charge in [0, 0.05) is 25.5 Å². The Labute approximate surface area is 125 Å².